The zero-order valence-corrected chi connectivity index (χ0v) is 15.3. The number of hydrogen-bond acceptors (Lipinski definition) is 1. The molecule has 0 rings (SSSR count). The lowest BCUT2D eigenvalue weighted by Crippen LogP contribution is -2.07. The van der Waals surface area contributed by atoms with Gasteiger partial charge in [-0.3, -0.25) is 0 Å². The van der Waals surface area contributed by atoms with Crippen LogP contribution in [0.5, 0.6) is 0 Å². The van der Waals surface area contributed by atoms with Crippen molar-refractivity contribution in [3.63, 3.8) is 0 Å². The molecule has 0 N–H and O–H groups in total. The Morgan fingerprint density at radius 2 is 1.33 bits per heavy atom. The molecule has 1 nitrogen and oxygen atoms in total. The first-order valence-electron chi connectivity index (χ1n) is 9.55. The van der Waals surface area contributed by atoms with E-state index in [9.17, 15) is 4.79 Å². The molecule has 0 aromatic rings. The maximum absolute atomic E-state index is 11.2. The van der Waals surface area contributed by atoms with Crippen LogP contribution in [-0.4, -0.2) is 5.78 Å². The van der Waals surface area contributed by atoms with E-state index in [4.69, 9.17) is 0 Å². The smallest absolute Gasteiger partial charge is 0.129 e. The predicted molar refractivity (Wildman–Crippen MR) is 94.7 cm³/mol. The molecule has 0 fully saturated rings. The Kier molecular flexibility index (Phi) is 14.4. The predicted octanol–water partition coefficient (Wildman–Crippen LogP) is 6.94. The van der Waals surface area contributed by atoms with E-state index in [-0.39, 0.29) is 0 Å². The largest absolute Gasteiger partial charge is 0.300 e. The van der Waals surface area contributed by atoms with Crippen molar-refractivity contribution < 1.29 is 4.79 Å². The van der Waals surface area contributed by atoms with Gasteiger partial charge in [0.05, 0.1) is 0 Å². The Bertz CT molecular complexity index is 232. The Morgan fingerprint density at radius 1 is 0.810 bits per heavy atom. The SMILES string of the molecule is CCCCCCCCCCCC(CCC(C)=O)CC(C)C. The number of ketones is 1. The van der Waals surface area contributed by atoms with E-state index in [1.54, 1.807) is 6.92 Å². The van der Waals surface area contributed by atoms with Crippen LogP contribution in [0.2, 0.25) is 0 Å². The van der Waals surface area contributed by atoms with Crippen LogP contribution in [0.3, 0.4) is 0 Å². The molecule has 1 heteroatoms. The molecule has 0 aliphatic rings. The van der Waals surface area contributed by atoms with Crippen LogP contribution in [0, 0.1) is 11.8 Å². The molecule has 0 spiro atoms. The molecule has 0 saturated heterocycles. The lowest BCUT2D eigenvalue weighted by atomic mass is 9.88. The van der Waals surface area contributed by atoms with Crippen molar-refractivity contribution in [2.75, 3.05) is 0 Å². The minimum Gasteiger partial charge on any atom is -0.300 e. The third-order valence-corrected chi connectivity index (χ3v) is 4.43. The topological polar surface area (TPSA) is 17.1 Å². The van der Waals surface area contributed by atoms with Crippen LogP contribution in [0.4, 0.5) is 0 Å². The summed E-state index contributed by atoms with van der Waals surface area (Å²) in [6.07, 6.45) is 17.2. The van der Waals surface area contributed by atoms with Crippen LogP contribution in [0.15, 0.2) is 0 Å². The second kappa shape index (κ2) is 14.6. The number of carbonyl (C=O) groups is 1. The van der Waals surface area contributed by atoms with E-state index in [1.807, 2.05) is 0 Å². The van der Waals surface area contributed by atoms with Crippen LogP contribution in [0.25, 0.3) is 0 Å². The fourth-order valence-corrected chi connectivity index (χ4v) is 3.20. The molecule has 1 atom stereocenters. The normalized spacial score (nSPS) is 12.8. The van der Waals surface area contributed by atoms with E-state index in [0.29, 0.717) is 5.78 Å². The molecular formula is C20H40O. The summed E-state index contributed by atoms with van der Waals surface area (Å²) in [6.45, 7) is 8.61. The van der Waals surface area contributed by atoms with Gasteiger partial charge in [-0.1, -0.05) is 85.0 Å². The van der Waals surface area contributed by atoms with Crippen molar-refractivity contribution in [3.05, 3.63) is 0 Å². The highest BCUT2D eigenvalue weighted by atomic mass is 16.1. The molecule has 0 aliphatic carbocycles. The number of Topliss-reactive ketones (excluding diaryl/α,β-unsaturated/α-hetero) is 1. The Morgan fingerprint density at radius 3 is 1.81 bits per heavy atom. The van der Waals surface area contributed by atoms with Crippen molar-refractivity contribution >= 4 is 5.78 Å². The highest BCUT2D eigenvalue weighted by molar-refractivity contribution is 5.75. The summed E-state index contributed by atoms with van der Waals surface area (Å²) in [5.41, 5.74) is 0. The summed E-state index contributed by atoms with van der Waals surface area (Å²) in [4.78, 5) is 11.2. The molecule has 21 heavy (non-hydrogen) atoms. The summed E-state index contributed by atoms with van der Waals surface area (Å²) in [5.74, 6) is 1.90. The fraction of sp³-hybridized carbons (Fsp3) is 0.950. The maximum Gasteiger partial charge on any atom is 0.129 e. The van der Waals surface area contributed by atoms with Gasteiger partial charge in [0.1, 0.15) is 5.78 Å². The summed E-state index contributed by atoms with van der Waals surface area (Å²) in [7, 11) is 0. The minimum absolute atomic E-state index is 0.357. The minimum atomic E-state index is 0.357. The van der Waals surface area contributed by atoms with Gasteiger partial charge in [0.2, 0.25) is 0 Å². The van der Waals surface area contributed by atoms with Gasteiger partial charge in [0, 0.05) is 6.42 Å². The number of carbonyl (C=O) groups excluding carboxylic acids is 1. The van der Waals surface area contributed by atoms with Crippen LogP contribution in [-0.2, 0) is 4.79 Å². The van der Waals surface area contributed by atoms with E-state index < -0.39 is 0 Å². The third kappa shape index (κ3) is 15.9. The highest BCUT2D eigenvalue weighted by Crippen LogP contribution is 2.24. The molecule has 0 radical (unpaired) electrons. The van der Waals surface area contributed by atoms with Gasteiger partial charge in [0.25, 0.3) is 0 Å². The highest BCUT2D eigenvalue weighted by Gasteiger charge is 2.11. The van der Waals surface area contributed by atoms with Crippen molar-refractivity contribution in [1.29, 1.82) is 0 Å². The summed E-state index contributed by atoms with van der Waals surface area (Å²) in [6, 6.07) is 0. The molecule has 0 heterocycles. The quantitative estimate of drug-likeness (QED) is 0.299. The third-order valence-electron chi connectivity index (χ3n) is 4.43. The first-order chi connectivity index (χ1) is 10.1. The molecule has 0 amide bonds. The van der Waals surface area contributed by atoms with Crippen LogP contribution < -0.4 is 0 Å². The first-order valence-corrected chi connectivity index (χ1v) is 9.55. The van der Waals surface area contributed by atoms with Crippen molar-refractivity contribution in [2.24, 2.45) is 11.8 Å². The van der Waals surface area contributed by atoms with Gasteiger partial charge in [-0.05, 0) is 31.6 Å². The number of hydrogen-bond donors (Lipinski definition) is 0. The van der Waals surface area contributed by atoms with E-state index in [1.165, 1.54) is 70.6 Å². The van der Waals surface area contributed by atoms with Crippen molar-refractivity contribution in [2.45, 2.75) is 111 Å². The fourth-order valence-electron chi connectivity index (χ4n) is 3.20. The molecule has 0 aliphatic heterocycles. The maximum atomic E-state index is 11.2. The van der Waals surface area contributed by atoms with Gasteiger partial charge in [-0.15, -0.1) is 0 Å². The summed E-state index contributed by atoms with van der Waals surface area (Å²) in [5, 5.41) is 0. The molecule has 1 unspecified atom stereocenters. The van der Waals surface area contributed by atoms with Crippen molar-refractivity contribution in [1.82, 2.24) is 0 Å². The zero-order chi connectivity index (χ0) is 15.9. The van der Waals surface area contributed by atoms with Gasteiger partial charge < -0.3 is 4.79 Å². The van der Waals surface area contributed by atoms with Gasteiger partial charge in [0.15, 0.2) is 0 Å². The lowest BCUT2D eigenvalue weighted by molar-refractivity contribution is -0.117. The first kappa shape index (κ1) is 20.7. The molecule has 0 saturated carbocycles. The molecule has 0 bridgehead atoms. The standard InChI is InChI=1S/C20H40O/c1-5-6-7-8-9-10-11-12-13-14-20(17-18(2)3)16-15-19(4)21/h18,20H,5-17H2,1-4H3. The molecular weight excluding hydrogens is 256 g/mol. The van der Waals surface area contributed by atoms with Crippen molar-refractivity contribution in [3.8, 4) is 0 Å². The summed E-state index contributed by atoms with van der Waals surface area (Å²) >= 11 is 0. The monoisotopic (exact) mass is 296 g/mol. The average molecular weight is 297 g/mol. The molecule has 126 valence electrons. The van der Waals surface area contributed by atoms with Crippen LogP contribution in [0.1, 0.15) is 111 Å². The Hall–Kier alpha value is -0.330. The lowest BCUT2D eigenvalue weighted by Gasteiger charge is -2.18. The van der Waals surface area contributed by atoms with E-state index >= 15 is 0 Å². The number of rotatable bonds is 15. The van der Waals surface area contributed by atoms with Gasteiger partial charge >= 0.3 is 0 Å². The molecule has 0 aromatic carbocycles. The molecule has 0 aromatic heterocycles. The Labute approximate surface area is 134 Å². The second-order valence-corrected chi connectivity index (χ2v) is 7.35. The van der Waals surface area contributed by atoms with Gasteiger partial charge in [-0.25, -0.2) is 0 Å². The Balaban J connectivity index is 3.56. The second-order valence-electron chi connectivity index (χ2n) is 7.35. The van der Waals surface area contributed by atoms with Gasteiger partial charge in [-0.2, -0.15) is 0 Å². The van der Waals surface area contributed by atoms with Crippen LogP contribution >= 0.6 is 0 Å². The summed E-state index contributed by atoms with van der Waals surface area (Å²) < 4.78 is 0. The zero-order valence-electron chi connectivity index (χ0n) is 15.3. The number of unbranched alkanes of at least 4 members (excludes halogenated alkanes) is 8. The average Bonchev–Trinajstić information content (AvgIpc) is 2.42. The van der Waals surface area contributed by atoms with E-state index in [2.05, 4.69) is 20.8 Å². The van der Waals surface area contributed by atoms with E-state index in [0.717, 1.165) is 24.7 Å².